The highest BCUT2D eigenvalue weighted by atomic mass is 16.5. The average molecular weight is 251 g/mol. The molecule has 0 unspecified atom stereocenters. The number of ether oxygens (including phenoxy) is 1. The van der Waals surface area contributed by atoms with Gasteiger partial charge in [0, 0.05) is 6.42 Å². The van der Waals surface area contributed by atoms with E-state index >= 15 is 0 Å². The lowest BCUT2D eigenvalue weighted by atomic mass is 10.2. The first kappa shape index (κ1) is 14.2. The maximum Gasteiger partial charge on any atom is 0.331 e. The number of carbonyl (C=O) groups excluding carboxylic acids is 2. The highest BCUT2D eigenvalue weighted by Crippen LogP contribution is 2.02. The summed E-state index contributed by atoms with van der Waals surface area (Å²) >= 11 is 0. The molecule has 0 radical (unpaired) electrons. The van der Waals surface area contributed by atoms with Gasteiger partial charge >= 0.3 is 5.97 Å². The molecule has 0 spiro atoms. The van der Waals surface area contributed by atoms with E-state index in [2.05, 4.69) is 5.32 Å². The maximum atomic E-state index is 11.6. The Morgan fingerprint density at radius 1 is 1.33 bits per heavy atom. The molecule has 0 aliphatic carbocycles. The van der Waals surface area contributed by atoms with Crippen molar-refractivity contribution in [2.75, 3.05) is 6.61 Å². The van der Waals surface area contributed by atoms with Crippen LogP contribution >= 0.6 is 0 Å². The minimum atomic E-state index is -0.999. The van der Waals surface area contributed by atoms with Crippen LogP contribution in [0.2, 0.25) is 0 Å². The summed E-state index contributed by atoms with van der Waals surface area (Å²) in [4.78, 5) is 22.7. The summed E-state index contributed by atoms with van der Waals surface area (Å²) in [6, 6.07) is 8.19. The molecule has 0 aliphatic heterocycles. The quantitative estimate of drug-likeness (QED) is 0.727. The highest BCUT2D eigenvalue weighted by molar-refractivity contribution is 5.84. The molecular weight excluding hydrogens is 234 g/mol. The summed E-state index contributed by atoms with van der Waals surface area (Å²) in [5, 5.41) is 11.4. The van der Waals surface area contributed by atoms with Crippen LogP contribution in [-0.4, -0.2) is 29.6 Å². The van der Waals surface area contributed by atoms with E-state index in [-0.39, 0.29) is 18.9 Å². The Morgan fingerprint density at radius 2 is 2.00 bits per heavy atom. The maximum absolute atomic E-state index is 11.6. The molecule has 0 saturated carbocycles. The van der Waals surface area contributed by atoms with Crippen molar-refractivity contribution >= 4 is 11.9 Å². The number of hydrogen-bond donors (Lipinski definition) is 2. The van der Waals surface area contributed by atoms with Crippen LogP contribution in [-0.2, 0) is 20.9 Å². The predicted octanol–water partition coefficient (Wildman–Crippen LogP) is 0.617. The van der Waals surface area contributed by atoms with Gasteiger partial charge in [-0.1, -0.05) is 37.3 Å². The number of amides is 1. The standard InChI is InChI=1S/C13H17NO4/c1-2-12(16)14-11(8-15)13(17)18-9-10-6-4-3-5-7-10/h3-7,11,15H,2,8-9H2,1H3,(H,14,16)/t11-/m0/s1. The van der Waals surface area contributed by atoms with Crippen LogP contribution in [0.1, 0.15) is 18.9 Å². The van der Waals surface area contributed by atoms with Gasteiger partial charge < -0.3 is 15.2 Å². The molecule has 0 bridgehead atoms. The van der Waals surface area contributed by atoms with Crippen LogP contribution in [0, 0.1) is 0 Å². The van der Waals surface area contributed by atoms with Crippen molar-refractivity contribution in [2.24, 2.45) is 0 Å². The van der Waals surface area contributed by atoms with E-state index in [1.54, 1.807) is 6.92 Å². The summed E-state index contributed by atoms with van der Waals surface area (Å²) in [5.41, 5.74) is 0.851. The summed E-state index contributed by atoms with van der Waals surface area (Å²) in [6.07, 6.45) is 0.252. The third-order valence-electron chi connectivity index (χ3n) is 2.35. The van der Waals surface area contributed by atoms with E-state index in [0.29, 0.717) is 0 Å². The molecule has 0 fully saturated rings. The molecule has 1 aromatic rings. The van der Waals surface area contributed by atoms with Gasteiger partial charge in [0.25, 0.3) is 0 Å². The van der Waals surface area contributed by atoms with Gasteiger partial charge in [0.2, 0.25) is 5.91 Å². The fourth-order valence-corrected chi connectivity index (χ4v) is 1.30. The monoisotopic (exact) mass is 251 g/mol. The Balaban J connectivity index is 2.45. The number of hydrogen-bond acceptors (Lipinski definition) is 4. The largest absolute Gasteiger partial charge is 0.459 e. The first-order valence-electron chi connectivity index (χ1n) is 5.78. The predicted molar refractivity (Wildman–Crippen MR) is 65.5 cm³/mol. The normalized spacial score (nSPS) is 11.7. The zero-order valence-corrected chi connectivity index (χ0v) is 10.3. The van der Waals surface area contributed by atoms with Crippen molar-refractivity contribution in [1.82, 2.24) is 5.32 Å². The lowest BCUT2D eigenvalue weighted by Gasteiger charge is -2.14. The van der Waals surface area contributed by atoms with Crippen LogP contribution in [0.3, 0.4) is 0 Å². The average Bonchev–Trinajstić information content (AvgIpc) is 2.42. The van der Waals surface area contributed by atoms with E-state index in [9.17, 15) is 9.59 Å². The van der Waals surface area contributed by atoms with E-state index in [0.717, 1.165) is 5.56 Å². The first-order valence-corrected chi connectivity index (χ1v) is 5.78. The second-order valence-corrected chi connectivity index (χ2v) is 3.75. The van der Waals surface area contributed by atoms with Crippen molar-refractivity contribution in [3.8, 4) is 0 Å². The molecule has 1 aromatic carbocycles. The SMILES string of the molecule is CCC(=O)N[C@@H](CO)C(=O)OCc1ccccc1. The molecule has 1 amide bonds. The van der Waals surface area contributed by atoms with Crippen LogP contribution in [0.5, 0.6) is 0 Å². The molecule has 98 valence electrons. The van der Waals surface area contributed by atoms with Gasteiger partial charge in [0.1, 0.15) is 6.61 Å². The summed E-state index contributed by atoms with van der Waals surface area (Å²) in [5.74, 6) is -0.936. The van der Waals surface area contributed by atoms with Crippen LogP contribution < -0.4 is 5.32 Å². The zero-order chi connectivity index (χ0) is 13.4. The number of aliphatic hydroxyl groups is 1. The Kier molecular flexibility index (Phi) is 5.87. The molecule has 5 nitrogen and oxygen atoms in total. The minimum absolute atomic E-state index is 0.123. The minimum Gasteiger partial charge on any atom is -0.459 e. The van der Waals surface area contributed by atoms with E-state index in [1.807, 2.05) is 30.3 Å². The molecule has 0 heterocycles. The molecule has 1 rings (SSSR count). The Labute approximate surface area is 106 Å². The second kappa shape index (κ2) is 7.45. The molecule has 5 heteroatoms. The molecule has 2 N–H and O–H groups in total. The number of benzene rings is 1. The van der Waals surface area contributed by atoms with Crippen LogP contribution in [0.4, 0.5) is 0 Å². The number of carbonyl (C=O) groups is 2. The second-order valence-electron chi connectivity index (χ2n) is 3.75. The van der Waals surface area contributed by atoms with Crippen molar-refractivity contribution in [2.45, 2.75) is 26.0 Å². The van der Waals surface area contributed by atoms with Gasteiger partial charge in [-0.25, -0.2) is 4.79 Å². The smallest absolute Gasteiger partial charge is 0.331 e. The highest BCUT2D eigenvalue weighted by Gasteiger charge is 2.20. The van der Waals surface area contributed by atoms with E-state index in [1.165, 1.54) is 0 Å². The van der Waals surface area contributed by atoms with E-state index < -0.39 is 18.6 Å². The van der Waals surface area contributed by atoms with Gasteiger partial charge in [0.05, 0.1) is 6.61 Å². The molecular formula is C13H17NO4. The fraction of sp³-hybridized carbons (Fsp3) is 0.385. The third-order valence-corrected chi connectivity index (χ3v) is 2.35. The van der Waals surface area contributed by atoms with Gasteiger partial charge in [-0.15, -0.1) is 0 Å². The summed E-state index contributed by atoms with van der Waals surface area (Å²) in [6.45, 7) is 1.32. The lowest BCUT2D eigenvalue weighted by Crippen LogP contribution is -2.44. The molecule has 18 heavy (non-hydrogen) atoms. The lowest BCUT2D eigenvalue weighted by molar-refractivity contribution is -0.150. The molecule has 0 saturated heterocycles. The van der Waals surface area contributed by atoms with Crippen LogP contribution in [0.15, 0.2) is 30.3 Å². The van der Waals surface area contributed by atoms with Gasteiger partial charge in [-0.3, -0.25) is 4.79 Å². The molecule has 0 aliphatic rings. The van der Waals surface area contributed by atoms with Crippen molar-refractivity contribution < 1.29 is 19.4 Å². The number of aliphatic hydroxyl groups excluding tert-OH is 1. The zero-order valence-electron chi connectivity index (χ0n) is 10.3. The van der Waals surface area contributed by atoms with Crippen molar-refractivity contribution in [3.63, 3.8) is 0 Å². The Hall–Kier alpha value is -1.88. The number of nitrogens with one attached hydrogen (secondary N) is 1. The number of rotatable bonds is 6. The van der Waals surface area contributed by atoms with Gasteiger partial charge in [-0.2, -0.15) is 0 Å². The fourth-order valence-electron chi connectivity index (χ4n) is 1.30. The van der Waals surface area contributed by atoms with Crippen LogP contribution in [0.25, 0.3) is 0 Å². The molecule has 0 aromatic heterocycles. The topological polar surface area (TPSA) is 75.6 Å². The third kappa shape index (κ3) is 4.55. The Bertz CT molecular complexity index is 391. The summed E-state index contributed by atoms with van der Waals surface area (Å²) in [7, 11) is 0. The van der Waals surface area contributed by atoms with Gasteiger partial charge in [-0.05, 0) is 5.56 Å². The number of esters is 1. The molecule has 1 atom stereocenters. The van der Waals surface area contributed by atoms with E-state index in [4.69, 9.17) is 9.84 Å². The Morgan fingerprint density at radius 3 is 2.56 bits per heavy atom. The van der Waals surface area contributed by atoms with Gasteiger partial charge in [0.15, 0.2) is 6.04 Å². The van der Waals surface area contributed by atoms with Crippen molar-refractivity contribution in [3.05, 3.63) is 35.9 Å². The summed E-state index contributed by atoms with van der Waals surface area (Å²) < 4.78 is 5.01. The first-order chi connectivity index (χ1) is 8.67. The van der Waals surface area contributed by atoms with Crippen molar-refractivity contribution in [1.29, 1.82) is 0 Å².